The van der Waals surface area contributed by atoms with Gasteiger partial charge in [0.25, 0.3) is 5.91 Å². The Balaban J connectivity index is 1.96. The number of ether oxygens (including phenoxy) is 1. The van der Waals surface area contributed by atoms with E-state index in [-0.39, 0.29) is 11.9 Å². The minimum Gasteiger partial charge on any atom is -0.479 e. The molecule has 112 valence electrons. The molecule has 4 nitrogen and oxygen atoms in total. The Hall–Kier alpha value is -1.65. The van der Waals surface area contributed by atoms with Crippen LogP contribution in [0.4, 0.5) is 0 Å². The van der Waals surface area contributed by atoms with Gasteiger partial charge in [-0.1, -0.05) is 23.2 Å². The Kier molecular flexibility index (Phi) is 5.15. The van der Waals surface area contributed by atoms with E-state index in [0.29, 0.717) is 21.6 Å². The lowest BCUT2D eigenvalue weighted by Crippen LogP contribution is -2.37. The zero-order chi connectivity index (χ0) is 15.4. The van der Waals surface area contributed by atoms with Crippen molar-refractivity contribution in [2.24, 2.45) is 0 Å². The van der Waals surface area contributed by atoms with Crippen molar-refractivity contribution in [3.63, 3.8) is 0 Å². The lowest BCUT2D eigenvalue weighted by atomic mass is 10.2. The first-order valence-electron chi connectivity index (χ1n) is 6.43. The second-order valence-electron chi connectivity index (χ2n) is 4.58. The molecule has 1 heterocycles. The smallest absolute Gasteiger partial charge is 0.261 e. The highest BCUT2D eigenvalue weighted by Crippen LogP contribution is 2.28. The number of nitrogens with one attached hydrogen (secondary N) is 1. The van der Waals surface area contributed by atoms with E-state index in [4.69, 9.17) is 32.4 Å². The summed E-state index contributed by atoms with van der Waals surface area (Å²) in [4.78, 5) is 12.1. The fraction of sp³-hybridized carbons (Fsp3) is 0.267. The van der Waals surface area contributed by atoms with Gasteiger partial charge >= 0.3 is 0 Å². The van der Waals surface area contributed by atoms with Gasteiger partial charge < -0.3 is 14.5 Å². The molecule has 0 bridgehead atoms. The Morgan fingerprint density at radius 3 is 2.67 bits per heavy atom. The molecule has 1 amide bonds. The van der Waals surface area contributed by atoms with Crippen molar-refractivity contribution < 1.29 is 13.9 Å². The normalized spacial score (nSPS) is 13.5. The summed E-state index contributed by atoms with van der Waals surface area (Å²) in [5.74, 6) is 0.833. The monoisotopic (exact) mass is 327 g/mol. The summed E-state index contributed by atoms with van der Waals surface area (Å²) in [5.41, 5.74) is 0. The quantitative estimate of drug-likeness (QED) is 0.893. The Labute approximate surface area is 133 Å². The van der Waals surface area contributed by atoms with Crippen LogP contribution < -0.4 is 10.1 Å². The maximum Gasteiger partial charge on any atom is 0.261 e. The van der Waals surface area contributed by atoms with Gasteiger partial charge in [0.2, 0.25) is 0 Å². The number of rotatable bonds is 5. The van der Waals surface area contributed by atoms with E-state index in [1.807, 2.05) is 6.92 Å². The molecule has 0 saturated heterocycles. The Bertz CT molecular complexity index is 613. The Morgan fingerprint density at radius 2 is 2.05 bits per heavy atom. The first kappa shape index (κ1) is 15.7. The van der Waals surface area contributed by atoms with E-state index in [9.17, 15) is 4.79 Å². The van der Waals surface area contributed by atoms with Gasteiger partial charge in [-0.3, -0.25) is 4.79 Å². The lowest BCUT2D eigenvalue weighted by Gasteiger charge is -2.18. The highest BCUT2D eigenvalue weighted by atomic mass is 35.5. The van der Waals surface area contributed by atoms with Crippen LogP contribution in [0, 0.1) is 0 Å². The number of hydrogen-bond acceptors (Lipinski definition) is 3. The van der Waals surface area contributed by atoms with Crippen LogP contribution in [0.5, 0.6) is 5.75 Å². The first-order chi connectivity index (χ1) is 9.97. The largest absolute Gasteiger partial charge is 0.479 e. The third-order valence-corrected chi connectivity index (χ3v) is 3.43. The number of halogens is 2. The minimum absolute atomic E-state index is 0.237. The number of benzene rings is 1. The fourth-order valence-corrected chi connectivity index (χ4v) is 2.21. The summed E-state index contributed by atoms with van der Waals surface area (Å²) in [6.45, 7) is 3.48. The molecule has 0 radical (unpaired) electrons. The molecule has 1 aromatic heterocycles. The average Bonchev–Trinajstić information content (AvgIpc) is 2.95. The van der Waals surface area contributed by atoms with Crippen molar-refractivity contribution in [2.75, 3.05) is 0 Å². The van der Waals surface area contributed by atoms with E-state index in [2.05, 4.69) is 5.32 Å². The molecule has 21 heavy (non-hydrogen) atoms. The van der Waals surface area contributed by atoms with Crippen LogP contribution in [0.15, 0.2) is 41.0 Å². The van der Waals surface area contributed by atoms with Crippen molar-refractivity contribution in [2.45, 2.75) is 26.0 Å². The lowest BCUT2D eigenvalue weighted by molar-refractivity contribution is -0.128. The van der Waals surface area contributed by atoms with E-state index in [0.717, 1.165) is 0 Å². The maximum atomic E-state index is 12.1. The number of carbonyl (C=O) groups is 1. The zero-order valence-corrected chi connectivity index (χ0v) is 13.1. The molecule has 2 aromatic rings. The zero-order valence-electron chi connectivity index (χ0n) is 11.6. The van der Waals surface area contributed by atoms with Crippen LogP contribution in [0.25, 0.3) is 0 Å². The molecule has 0 spiro atoms. The third kappa shape index (κ3) is 4.16. The average molecular weight is 328 g/mol. The van der Waals surface area contributed by atoms with Gasteiger partial charge in [-0.05, 0) is 44.2 Å². The summed E-state index contributed by atoms with van der Waals surface area (Å²) in [6, 6.07) is 8.18. The molecule has 0 aliphatic heterocycles. The number of hydrogen-bond donors (Lipinski definition) is 1. The van der Waals surface area contributed by atoms with Gasteiger partial charge in [-0.2, -0.15) is 0 Å². The standard InChI is InChI=1S/C15H15Cl2NO3/c1-9(13-4-3-7-20-13)18-15(19)10(2)21-14-6-5-11(16)8-12(14)17/h3-10H,1-2H3,(H,18,19). The Morgan fingerprint density at radius 1 is 1.29 bits per heavy atom. The molecule has 0 aliphatic rings. The third-order valence-electron chi connectivity index (χ3n) is 2.90. The molecular weight excluding hydrogens is 313 g/mol. The molecule has 2 atom stereocenters. The molecule has 2 rings (SSSR count). The van der Waals surface area contributed by atoms with Crippen molar-refractivity contribution in [3.8, 4) is 5.75 Å². The van der Waals surface area contributed by atoms with E-state index < -0.39 is 6.10 Å². The minimum atomic E-state index is -0.693. The van der Waals surface area contributed by atoms with E-state index in [1.165, 1.54) is 0 Å². The maximum absolute atomic E-state index is 12.1. The fourth-order valence-electron chi connectivity index (χ4n) is 1.75. The predicted molar refractivity (Wildman–Crippen MR) is 81.8 cm³/mol. The topological polar surface area (TPSA) is 51.5 Å². The van der Waals surface area contributed by atoms with Crippen LogP contribution in [0.1, 0.15) is 25.6 Å². The van der Waals surface area contributed by atoms with Crippen LogP contribution in [-0.2, 0) is 4.79 Å². The molecule has 0 saturated carbocycles. The SMILES string of the molecule is CC(Oc1ccc(Cl)cc1Cl)C(=O)NC(C)c1ccco1. The number of furan rings is 1. The molecule has 2 unspecified atom stereocenters. The second-order valence-corrected chi connectivity index (χ2v) is 5.42. The van der Waals surface area contributed by atoms with Crippen molar-refractivity contribution in [1.82, 2.24) is 5.32 Å². The van der Waals surface area contributed by atoms with Crippen LogP contribution in [-0.4, -0.2) is 12.0 Å². The van der Waals surface area contributed by atoms with Crippen LogP contribution in [0.2, 0.25) is 10.0 Å². The molecule has 0 aliphatic carbocycles. The molecular formula is C15H15Cl2NO3. The van der Waals surface area contributed by atoms with E-state index >= 15 is 0 Å². The molecule has 6 heteroatoms. The summed E-state index contributed by atoms with van der Waals surface area (Å²) < 4.78 is 10.8. The van der Waals surface area contributed by atoms with Gasteiger partial charge in [-0.25, -0.2) is 0 Å². The van der Waals surface area contributed by atoms with Gasteiger partial charge in [0, 0.05) is 5.02 Å². The van der Waals surface area contributed by atoms with Crippen molar-refractivity contribution in [1.29, 1.82) is 0 Å². The van der Waals surface area contributed by atoms with E-state index in [1.54, 1.807) is 43.5 Å². The van der Waals surface area contributed by atoms with Gasteiger partial charge in [0.05, 0.1) is 17.3 Å². The van der Waals surface area contributed by atoms with Crippen molar-refractivity contribution in [3.05, 3.63) is 52.4 Å². The van der Waals surface area contributed by atoms with Crippen LogP contribution in [0.3, 0.4) is 0 Å². The second kappa shape index (κ2) is 6.87. The summed E-state index contributed by atoms with van der Waals surface area (Å²) >= 11 is 11.8. The molecule has 1 N–H and O–H groups in total. The summed E-state index contributed by atoms with van der Waals surface area (Å²) in [5, 5.41) is 3.68. The van der Waals surface area contributed by atoms with Gasteiger partial charge in [0.15, 0.2) is 6.10 Å². The predicted octanol–water partition coefficient (Wildman–Crippen LogP) is 4.23. The van der Waals surface area contributed by atoms with Gasteiger partial charge in [0.1, 0.15) is 11.5 Å². The number of amides is 1. The molecule has 1 aromatic carbocycles. The summed E-state index contributed by atoms with van der Waals surface area (Å²) in [6.07, 6.45) is 0.867. The van der Waals surface area contributed by atoms with Crippen LogP contribution >= 0.6 is 23.2 Å². The highest BCUT2D eigenvalue weighted by Gasteiger charge is 2.19. The first-order valence-corrected chi connectivity index (χ1v) is 7.18. The highest BCUT2D eigenvalue weighted by molar-refractivity contribution is 6.35. The number of carbonyl (C=O) groups excluding carboxylic acids is 1. The van der Waals surface area contributed by atoms with Gasteiger partial charge in [-0.15, -0.1) is 0 Å². The van der Waals surface area contributed by atoms with Crippen molar-refractivity contribution >= 4 is 29.1 Å². The summed E-state index contributed by atoms with van der Waals surface area (Å²) in [7, 11) is 0. The molecule has 0 fully saturated rings.